The lowest BCUT2D eigenvalue weighted by molar-refractivity contribution is 0.110. The highest BCUT2D eigenvalue weighted by molar-refractivity contribution is 5.32. The van der Waals surface area contributed by atoms with Gasteiger partial charge in [-0.1, -0.05) is 0 Å². The van der Waals surface area contributed by atoms with Crippen LogP contribution in [0, 0.1) is 0 Å². The van der Waals surface area contributed by atoms with Gasteiger partial charge in [0.05, 0.1) is 19.4 Å². The van der Waals surface area contributed by atoms with Crippen LogP contribution in [0.25, 0.3) is 0 Å². The standard InChI is InChI=1S/C13H21FN4/c1-16-5-9-6-17(8-18(9)7-16)13-10-2-3-12(10)15-4-11(13)14/h9,11,13,15H,2-8H2,1H3. The normalized spacial score (nSPS) is 41.6. The molecule has 3 atom stereocenters. The van der Waals surface area contributed by atoms with Crippen molar-refractivity contribution in [2.45, 2.75) is 31.1 Å². The molecule has 3 unspecified atom stereocenters. The Morgan fingerprint density at radius 1 is 1.17 bits per heavy atom. The van der Waals surface area contributed by atoms with Crippen LogP contribution in [-0.2, 0) is 0 Å². The van der Waals surface area contributed by atoms with Crippen molar-refractivity contribution < 1.29 is 4.39 Å². The molecular weight excluding hydrogens is 231 g/mol. The molecule has 1 N–H and O–H groups in total. The molecule has 0 radical (unpaired) electrons. The molecule has 0 bridgehead atoms. The lowest BCUT2D eigenvalue weighted by atomic mass is 9.82. The highest BCUT2D eigenvalue weighted by Gasteiger charge is 2.45. The Morgan fingerprint density at radius 2 is 2.06 bits per heavy atom. The highest BCUT2D eigenvalue weighted by atomic mass is 19.1. The maximum Gasteiger partial charge on any atom is 0.137 e. The van der Waals surface area contributed by atoms with E-state index in [-0.39, 0.29) is 6.04 Å². The van der Waals surface area contributed by atoms with Gasteiger partial charge < -0.3 is 5.32 Å². The zero-order chi connectivity index (χ0) is 12.3. The quantitative estimate of drug-likeness (QED) is 0.719. The predicted octanol–water partition coefficient (Wildman–Crippen LogP) is 0.191. The maximum absolute atomic E-state index is 14.2. The van der Waals surface area contributed by atoms with Crippen molar-refractivity contribution in [3.63, 3.8) is 0 Å². The van der Waals surface area contributed by atoms with E-state index in [2.05, 4.69) is 27.1 Å². The number of hydrogen-bond acceptors (Lipinski definition) is 4. The average Bonchev–Trinajstić information content (AvgIpc) is 2.79. The van der Waals surface area contributed by atoms with Gasteiger partial charge in [-0.05, 0) is 25.5 Å². The van der Waals surface area contributed by atoms with Crippen LogP contribution in [0.2, 0.25) is 0 Å². The van der Waals surface area contributed by atoms with Gasteiger partial charge in [-0.3, -0.25) is 14.7 Å². The molecule has 100 valence electrons. The molecule has 5 heteroatoms. The summed E-state index contributed by atoms with van der Waals surface area (Å²) in [5.74, 6) is 0. The van der Waals surface area contributed by atoms with Crippen LogP contribution in [0.3, 0.4) is 0 Å². The molecule has 0 aromatic carbocycles. The fraction of sp³-hybridized carbons (Fsp3) is 0.846. The van der Waals surface area contributed by atoms with E-state index >= 15 is 0 Å². The van der Waals surface area contributed by atoms with Crippen molar-refractivity contribution in [1.82, 2.24) is 20.0 Å². The zero-order valence-corrected chi connectivity index (χ0v) is 10.9. The molecule has 4 aliphatic rings. The average molecular weight is 252 g/mol. The molecule has 2 fully saturated rings. The van der Waals surface area contributed by atoms with E-state index in [4.69, 9.17) is 0 Å². The van der Waals surface area contributed by atoms with E-state index in [1.54, 1.807) is 0 Å². The molecule has 2 saturated heterocycles. The number of halogens is 1. The van der Waals surface area contributed by atoms with Gasteiger partial charge in [0.1, 0.15) is 6.17 Å². The van der Waals surface area contributed by atoms with Crippen molar-refractivity contribution in [2.24, 2.45) is 0 Å². The smallest absolute Gasteiger partial charge is 0.137 e. The molecular formula is C13H21FN4. The molecule has 18 heavy (non-hydrogen) atoms. The Balaban J connectivity index is 1.53. The van der Waals surface area contributed by atoms with Crippen molar-refractivity contribution in [3.8, 4) is 0 Å². The van der Waals surface area contributed by atoms with E-state index in [0.717, 1.165) is 39.3 Å². The van der Waals surface area contributed by atoms with Crippen LogP contribution in [0.5, 0.6) is 0 Å². The number of likely N-dealkylation sites (N-methyl/N-ethyl adjacent to an activating group) is 1. The third-order valence-electron chi connectivity index (χ3n) is 4.91. The molecule has 0 amide bonds. The lowest BCUT2D eigenvalue weighted by Gasteiger charge is -2.42. The van der Waals surface area contributed by atoms with Gasteiger partial charge in [0.25, 0.3) is 0 Å². The van der Waals surface area contributed by atoms with Crippen LogP contribution >= 0.6 is 0 Å². The first-order chi connectivity index (χ1) is 8.72. The van der Waals surface area contributed by atoms with E-state index in [1.807, 2.05) is 0 Å². The number of rotatable bonds is 1. The third-order valence-corrected chi connectivity index (χ3v) is 4.91. The minimum atomic E-state index is -0.734. The van der Waals surface area contributed by atoms with Gasteiger partial charge in [0, 0.05) is 31.4 Å². The number of alkyl halides is 1. The minimum Gasteiger partial charge on any atom is -0.385 e. The molecule has 0 saturated carbocycles. The summed E-state index contributed by atoms with van der Waals surface area (Å²) in [6.45, 7) is 4.65. The summed E-state index contributed by atoms with van der Waals surface area (Å²) in [7, 11) is 2.16. The largest absolute Gasteiger partial charge is 0.385 e. The Morgan fingerprint density at radius 3 is 2.78 bits per heavy atom. The van der Waals surface area contributed by atoms with Gasteiger partial charge in [0.2, 0.25) is 0 Å². The van der Waals surface area contributed by atoms with Crippen molar-refractivity contribution in [3.05, 3.63) is 11.3 Å². The summed E-state index contributed by atoms with van der Waals surface area (Å²) in [6, 6.07) is 0.673. The molecule has 4 nitrogen and oxygen atoms in total. The van der Waals surface area contributed by atoms with Crippen LogP contribution in [-0.4, -0.2) is 73.0 Å². The van der Waals surface area contributed by atoms with E-state index in [9.17, 15) is 4.39 Å². The van der Waals surface area contributed by atoms with Crippen molar-refractivity contribution >= 4 is 0 Å². The summed E-state index contributed by atoms with van der Waals surface area (Å²) >= 11 is 0. The van der Waals surface area contributed by atoms with Crippen LogP contribution < -0.4 is 5.32 Å². The number of allylic oxidation sites excluding steroid dienone is 1. The molecule has 3 heterocycles. The summed E-state index contributed by atoms with van der Waals surface area (Å²) in [5.41, 5.74) is 2.68. The molecule has 3 aliphatic heterocycles. The first-order valence-corrected chi connectivity index (χ1v) is 6.99. The second-order valence-electron chi connectivity index (χ2n) is 6.18. The first kappa shape index (κ1) is 11.2. The number of hydrogen-bond donors (Lipinski definition) is 1. The topological polar surface area (TPSA) is 21.8 Å². The second kappa shape index (κ2) is 3.92. The molecule has 0 aromatic heterocycles. The molecule has 0 aromatic rings. The van der Waals surface area contributed by atoms with E-state index in [0.29, 0.717) is 12.6 Å². The fourth-order valence-electron chi connectivity index (χ4n) is 3.98. The van der Waals surface area contributed by atoms with Gasteiger partial charge in [0.15, 0.2) is 0 Å². The van der Waals surface area contributed by atoms with Gasteiger partial charge >= 0.3 is 0 Å². The maximum atomic E-state index is 14.2. The second-order valence-corrected chi connectivity index (χ2v) is 6.18. The van der Waals surface area contributed by atoms with Crippen molar-refractivity contribution in [2.75, 3.05) is 40.0 Å². The SMILES string of the molecule is CN1CC2CN(C3C4=C(CC4)NCC3F)CN2C1. The number of fused-ring (bicyclic) bond motifs is 1. The fourth-order valence-corrected chi connectivity index (χ4v) is 3.98. The van der Waals surface area contributed by atoms with E-state index in [1.165, 1.54) is 11.3 Å². The van der Waals surface area contributed by atoms with Gasteiger partial charge in [-0.15, -0.1) is 0 Å². The minimum absolute atomic E-state index is 0.0610. The Hall–Kier alpha value is -0.650. The Kier molecular flexibility index (Phi) is 2.44. The first-order valence-electron chi connectivity index (χ1n) is 6.99. The predicted molar refractivity (Wildman–Crippen MR) is 67.6 cm³/mol. The zero-order valence-electron chi connectivity index (χ0n) is 10.9. The Labute approximate surface area is 107 Å². The summed E-state index contributed by atoms with van der Waals surface area (Å²) in [5, 5.41) is 3.24. The number of nitrogens with one attached hydrogen (secondary N) is 1. The lowest BCUT2D eigenvalue weighted by Crippen LogP contribution is -2.53. The van der Waals surface area contributed by atoms with Gasteiger partial charge in [-0.2, -0.15) is 0 Å². The Bertz CT molecular complexity index is 382. The van der Waals surface area contributed by atoms with Crippen LogP contribution in [0.15, 0.2) is 11.3 Å². The van der Waals surface area contributed by atoms with E-state index < -0.39 is 6.17 Å². The highest BCUT2D eigenvalue weighted by Crippen LogP contribution is 2.38. The molecule has 1 aliphatic carbocycles. The summed E-state index contributed by atoms with van der Waals surface area (Å²) < 4.78 is 14.2. The number of nitrogens with zero attached hydrogens (tertiary/aromatic N) is 3. The van der Waals surface area contributed by atoms with Crippen molar-refractivity contribution in [1.29, 1.82) is 0 Å². The molecule has 0 spiro atoms. The van der Waals surface area contributed by atoms with Gasteiger partial charge in [-0.25, -0.2) is 4.39 Å². The summed E-state index contributed by atoms with van der Waals surface area (Å²) in [6.07, 6.45) is 1.48. The third kappa shape index (κ3) is 1.54. The van der Waals surface area contributed by atoms with Crippen LogP contribution in [0.1, 0.15) is 12.8 Å². The van der Waals surface area contributed by atoms with Crippen LogP contribution in [0.4, 0.5) is 4.39 Å². The summed E-state index contributed by atoms with van der Waals surface area (Å²) in [4.78, 5) is 7.21. The molecule has 4 rings (SSSR count). The monoisotopic (exact) mass is 252 g/mol.